The molecule has 8 heteroatoms. The number of pyridine rings is 1. The van der Waals surface area contributed by atoms with Crippen LogP contribution in [0.2, 0.25) is 0 Å². The van der Waals surface area contributed by atoms with Gasteiger partial charge in [-0.15, -0.1) is 0 Å². The van der Waals surface area contributed by atoms with E-state index >= 15 is 0 Å². The second-order valence-corrected chi connectivity index (χ2v) is 9.12. The van der Waals surface area contributed by atoms with Crippen molar-refractivity contribution in [2.24, 2.45) is 0 Å². The fraction of sp³-hybridized carbons (Fsp3) is 0.556. The standard InChI is InChI=1S/C27H38N4O4/c1-5-7-9-10-11-13-23(32)35-18(3)17-31-22(12-8-6-2)30-24-25(31)20-15-14-19(27(33)34-4)16-21(20)29-26(24)28/h14-16,18H,5-13,17H2,1-4H3,(H2,28,29). The molecule has 0 aliphatic rings. The van der Waals surface area contributed by atoms with Gasteiger partial charge in [-0.25, -0.2) is 14.8 Å². The summed E-state index contributed by atoms with van der Waals surface area (Å²) in [4.78, 5) is 33.8. The van der Waals surface area contributed by atoms with Gasteiger partial charge in [0.1, 0.15) is 17.4 Å². The Labute approximate surface area is 207 Å². The average Bonchev–Trinajstić information content (AvgIpc) is 3.20. The fourth-order valence-corrected chi connectivity index (χ4v) is 4.38. The lowest BCUT2D eigenvalue weighted by molar-refractivity contribution is -0.148. The molecule has 0 aliphatic carbocycles. The summed E-state index contributed by atoms with van der Waals surface area (Å²) in [5.74, 6) is 0.604. The first-order valence-corrected chi connectivity index (χ1v) is 12.8. The summed E-state index contributed by atoms with van der Waals surface area (Å²) in [6.45, 7) is 6.69. The highest BCUT2D eigenvalue weighted by Gasteiger charge is 2.21. The van der Waals surface area contributed by atoms with Gasteiger partial charge in [-0.3, -0.25) is 4.79 Å². The number of ether oxygens (including phenoxy) is 2. The zero-order valence-corrected chi connectivity index (χ0v) is 21.4. The summed E-state index contributed by atoms with van der Waals surface area (Å²) in [5.41, 5.74) is 8.78. The molecule has 2 aromatic heterocycles. The van der Waals surface area contributed by atoms with Gasteiger partial charge >= 0.3 is 11.9 Å². The Hall–Kier alpha value is -3.16. The first-order valence-electron chi connectivity index (χ1n) is 12.8. The topological polar surface area (TPSA) is 109 Å². The first-order chi connectivity index (χ1) is 16.9. The maximum atomic E-state index is 12.4. The quantitative estimate of drug-likeness (QED) is 0.250. The van der Waals surface area contributed by atoms with Gasteiger partial charge in [-0.05, 0) is 38.0 Å². The van der Waals surface area contributed by atoms with E-state index in [9.17, 15) is 9.59 Å². The third kappa shape index (κ3) is 6.50. The van der Waals surface area contributed by atoms with E-state index in [1.165, 1.54) is 20.0 Å². The van der Waals surface area contributed by atoms with Crippen LogP contribution in [0.1, 0.15) is 88.3 Å². The number of fused-ring (bicyclic) bond motifs is 3. The van der Waals surface area contributed by atoms with Crippen LogP contribution in [0.4, 0.5) is 5.82 Å². The monoisotopic (exact) mass is 482 g/mol. The van der Waals surface area contributed by atoms with Gasteiger partial charge in [-0.1, -0.05) is 46.0 Å². The summed E-state index contributed by atoms with van der Waals surface area (Å²) in [6.07, 6.45) is 8.35. The lowest BCUT2D eigenvalue weighted by atomic mass is 10.1. The van der Waals surface area contributed by atoms with Gasteiger partial charge in [-0.2, -0.15) is 0 Å². The molecule has 0 radical (unpaired) electrons. The van der Waals surface area contributed by atoms with Crippen molar-refractivity contribution in [3.05, 3.63) is 29.6 Å². The smallest absolute Gasteiger partial charge is 0.337 e. The van der Waals surface area contributed by atoms with E-state index in [-0.39, 0.29) is 12.1 Å². The van der Waals surface area contributed by atoms with Crippen molar-refractivity contribution >= 4 is 39.7 Å². The molecule has 1 unspecified atom stereocenters. The van der Waals surface area contributed by atoms with Gasteiger partial charge in [0.2, 0.25) is 0 Å². The van der Waals surface area contributed by atoms with Crippen LogP contribution in [-0.4, -0.2) is 39.7 Å². The van der Waals surface area contributed by atoms with Gasteiger partial charge in [0.15, 0.2) is 5.82 Å². The Morgan fingerprint density at radius 1 is 1.06 bits per heavy atom. The highest BCUT2D eigenvalue weighted by Crippen LogP contribution is 2.30. The number of unbranched alkanes of at least 4 members (excludes halogenated alkanes) is 5. The zero-order chi connectivity index (χ0) is 25.4. The molecule has 0 amide bonds. The van der Waals surface area contributed by atoms with E-state index in [0.29, 0.717) is 35.4 Å². The highest BCUT2D eigenvalue weighted by molar-refractivity contribution is 6.08. The van der Waals surface area contributed by atoms with Crippen molar-refractivity contribution < 1.29 is 19.1 Å². The van der Waals surface area contributed by atoms with Crippen LogP contribution < -0.4 is 5.73 Å². The number of esters is 2. The molecule has 0 fully saturated rings. The molecule has 2 heterocycles. The average molecular weight is 483 g/mol. The SMILES string of the molecule is CCCCCCCC(=O)OC(C)Cn1c(CCCC)nc2c(N)nc3cc(C(=O)OC)ccc3c21. The molecule has 0 saturated heterocycles. The molecule has 0 spiro atoms. The van der Waals surface area contributed by atoms with Gasteiger partial charge < -0.3 is 19.8 Å². The number of aryl methyl sites for hydroxylation is 1. The van der Waals surface area contributed by atoms with E-state index in [4.69, 9.17) is 20.2 Å². The van der Waals surface area contributed by atoms with Crippen molar-refractivity contribution in [3.8, 4) is 0 Å². The molecule has 3 aromatic rings. The molecule has 2 N–H and O–H groups in total. The fourth-order valence-electron chi connectivity index (χ4n) is 4.38. The number of anilines is 1. The van der Waals surface area contributed by atoms with E-state index in [1.807, 2.05) is 13.0 Å². The molecule has 35 heavy (non-hydrogen) atoms. The minimum absolute atomic E-state index is 0.165. The Morgan fingerprint density at radius 3 is 2.51 bits per heavy atom. The number of benzene rings is 1. The molecule has 1 aromatic carbocycles. The highest BCUT2D eigenvalue weighted by atomic mass is 16.5. The number of imidazole rings is 1. The van der Waals surface area contributed by atoms with Crippen molar-refractivity contribution in [1.82, 2.24) is 14.5 Å². The number of nitrogen functional groups attached to an aromatic ring is 1. The lowest BCUT2D eigenvalue weighted by Gasteiger charge is -2.17. The molecule has 0 saturated carbocycles. The molecule has 3 rings (SSSR count). The molecule has 0 aliphatic heterocycles. The molecular weight excluding hydrogens is 444 g/mol. The number of nitrogens with two attached hydrogens (primary N) is 1. The summed E-state index contributed by atoms with van der Waals surface area (Å²) >= 11 is 0. The van der Waals surface area contributed by atoms with Crippen LogP contribution in [0.3, 0.4) is 0 Å². The Bertz CT molecular complexity index is 1170. The summed E-state index contributed by atoms with van der Waals surface area (Å²) in [7, 11) is 1.35. The minimum atomic E-state index is -0.431. The number of hydrogen-bond acceptors (Lipinski definition) is 7. The van der Waals surface area contributed by atoms with Crippen molar-refractivity contribution in [2.45, 2.75) is 91.2 Å². The van der Waals surface area contributed by atoms with E-state index in [2.05, 4.69) is 23.4 Å². The van der Waals surface area contributed by atoms with Gasteiger partial charge in [0, 0.05) is 18.2 Å². The summed E-state index contributed by atoms with van der Waals surface area (Å²) in [5, 5.41) is 0.839. The molecular formula is C27H38N4O4. The summed E-state index contributed by atoms with van der Waals surface area (Å²) in [6, 6.07) is 5.25. The Balaban J connectivity index is 1.91. The van der Waals surface area contributed by atoms with Crippen LogP contribution in [0.25, 0.3) is 21.9 Å². The largest absolute Gasteiger partial charge is 0.465 e. The van der Waals surface area contributed by atoms with E-state index in [0.717, 1.165) is 55.3 Å². The van der Waals surface area contributed by atoms with E-state index < -0.39 is 5.97 Å². The molecule has 190 valence electrons. The van der Waals surface area contributed by atoms with E-state index in [1.54, 1.807) is 12.1 Å². The Kier molecular flexibility index (Phi) is 9.46. The molecule has 1 atom stereocenters. The van der Waals surface area contributed by atoms with Crippen LogP contribution in [-0.2, 0) is 27.2 Å². The normalized spacial score (nSPS) is 12.2. The number of hydrogen-bond donors (Lipinski definition) is 1. The summed E-state index contributed by atoms with van der Waals surface area (Å²) < 4.78 is 12.7. The van der Waals surface area contributed by atoms with Crippen LogP contribution >= 0.6 is 0 Å². The lowest BCUT2D eigenvalue weighted by Crippen LogP contribution is -2.22. The maximum Gasteiger partial charge on any atom is 0.337 e. The van der Waals surface area contributed by atoms with Crippen molar-refractivity contribution in [3.63, 3.8) is 0 Å². The van der Waals surface area contributed by atoms with Crippen LogP contribution in [0.15, 0.2) is 18.2 Å². The van der Waals surface area contributed by atoms with Crippen LogP contribution in [0.5, 0.6) is 0 Å². The second-order valence-electron chi connectivity index (χ2n) is 9.12. The third-order valence-corrected chi connectivity index (χ3v) is 6.21. The second kappa shape index (κ2) is 12.5. The Morgan fingerprint density at radius 2 is 1.80 bits per heavy atom. The number of aromatic nitrogens is 3. The number of carbonyl (C=O) groups is 2. The van der Waals surface area contributed by atoms with Crippen LogP contribution in [0, 0.1) is 0 Å². The minimum Gasteiger partial charge on any atom is -0.465 e. The van der Waals surface area contributed by atoms with Gasteiger partial charge in [0.25, 0.3) is 0 Å². The number of rotatable bonds is 13. The van der Waals surface area contributed by atoms with Crippen molar-refractivity contribution in [2.75, 3.05) is 12.8 Å². The predicted octanol–water partition coefficient (Wildman–Crippen LogP) is 5.59. The third-order valence-electron chi connectivity index (χ3n) is 6.21. The molecule has 0 bridgehead atoms. The van der Waals surface area contributed by atoms with Crippen molar-refractivity contribution in [1.29, 1.82) is 0 Å². The zero-order valence-electron chi connectivity index (χ0n) is 21.4. The molecule has 8 nitrogen and oxygen atoms in total. The maximum absolute atomic E-state index is 12.4. The number of nitrogens with zero attached hydrogens (tertiary/aromatic N) is 3. The van der Waals surface area contributed by atoms with Gasteiger partial charge in [0.05, 0.1) is 30.3 Å². The first kappa shape index (κ1) is 26.4. The predicted molar refractivity (Wildman–Crippen MR) is 138 cm³/mol. The number of carbonyl (C=O) groups excluding carboxylic acids is 2. The number of methoxy groups -OCH3 is 1.